The second kappa shape index (κ2) is 3.63. The molecule has 0 aromatic heterocycles. The number of carbonyl (C=O) groups is 1. The number of Topliss-reactive ketones (excluding diaryl/α,β-unsaturated/α-hetero) is 1. The van der Waals surface area contributed by atoms with Crippen LogP contribution in [0.2, 0.25) is 0 Å². The van der Waals surface area contributed by atoms with E-state index in [4.69, 9.17) is 13.7 Å². The summed E-state index contributed by atoms with van der Waals surface area (Å²) in [5.41, 5.74) is 5.23. The molecule has 44 valence electrons. The molecule has 0 amide bonds. The Labute approximate surface area is 50.1 Å². The second-order valence-electron chi connectivity index (χ2n) is 1.63. The van der Waals surface area contributed by atoms with Gasteiger partial charge in [0.05, 0.1) is 6.04 Å². The van der Waals surface area contributed by atoms with Gasteiger partial charge in [0.25, 0.3) is 0 Å². The van der Waals surface area contributed by atoms with E-state index in [9.17, 15) is 4.79 Å². The molecule has 0 rings (SSSR count). The molecule has 0 fully saturated rings. The number of nitrogens with one attached hydrogen (secondary N) is 1. The summed E-state index contributed by atoms with van der Waals surface area (Å²) in [7, 11) is 4.88. The number of nitrogens with two attached hydrogens (primary N) is 1. The topological polar surface area (TPSA) is 55.1 Å². The van der Waals surface area contributed by atoms with Gasteiger partial charge in [-0.25, -0.2) is 0 Å². The first kappa shape index (κ1) is 7.65. The molecule has 0 aromatic rings. The van der Waals surface area contributed by atoms with Crippen LogP contribution in [0.1, 0.15) is 6.92 Å². The van der Waals surface area contributed by atoms with Crippen LogP contribution >= 0.6 is 0 Å². The normalized spacial score (nSPS) is 13.2. The van der Waals surface area contributed by atoms with E-state index in [1.54, 1.807) is 0 Å². The molecule has 1 atom stereocenters. The molecule has 3 N–H and O–H groups in total. The lowest BCUT2D eigenvalue weighted by atomic mass is 10.2. The molecular weight excluding hydrogens is 103 g/mol. The van der Waals surface area contributed by atoms with Crippen LogP contribution in [0.25, 0.3) is 0 Å². The van der Waals surface area contributed by atoms with Gasteiger partial charge in [0.2, 0.25) is 0 Å². The first-order chi connectivity index (χ1) is 3.68. The van der Waals surface area contributed by atoms with Crippen molar-refractivity contribution >= 4 is 13.8 Å². The van der Waals surface area contributed by atoms with Gasteiger partial charge in [-0.1, -0.05) is 0 Å². The van der Waals surface area contributed by atoms with E-state index in [0.717, 1.165) is 0 Å². The zero-order chi connectivity index (χ0) is 6.57. The number of rotatable bonds is 3. The lowest BCUT2D eigenvalue weighted by Crippen LogP contribution is -2.38. The number of ketones is 1. The van der Waals surface area contributed by atoms with E-state index in [1.165, 1.54) is 6.92 Å². The molecule has 0 aromatic carbocycles. The van der Waals surface area contributed by atoms with Gasteiger partial charge >= 0.3 is 0 Å². The molecule has 1 unspecified atom stereocenters. The van der Waals surface area contributed by atoms with Crippen LogP contribution in [-0.2, 0) is 4.79 Å². The fraction of sp³-hybridized carbons (Fsp3) is 0.750. The van der Waals surface area contributed by atoms with Crippen LogP contribution in [0.3, 0.4) is 0 Å². The van der Waals surface area contributed by atoms with Gasteiger partial charge in [0.1, 0.15) is 5.78 Å². The second-order valence-corrected chi connectivity index (χ2v) is 1.63. The number of carbonyl (C=O) groups excluding carboxylic acids is 1. The van der Waals surface area contributed by atoms with Crippen LogP contribution in [0.4, 0.5) is 0 Å². The highest BCUT2D eigenvalue weighted by Gasteiger charge is 2.03. The van der Waals surface area contributed by atoms with E-state index in [2.05, 4.69) is 5.23 Å². The van der Waals surface area contributed by atoms with Gasteiger partial charge < -0.3 is 11.0 Å². The molecule has 0 spiro atoms. The summed E-state index contributed by atoms with van der Waals surface area (Å²) in [6.07, 6.45) is 0. The van der Waals surface area contributed by atoms with Gasteiger partial charge in [-0.05, 0) is 6.92 Å². The fourth-order valence-electron chi connectivity index (χ4n) is 0.271. The average Bonchev–Trinajstić information content (AvgIpc) is 1.67. The third-order valence-electron chi connectivity index (χ3n) is 0.860. The lowest BCUT2D eigenvalue weighted by molar-refractivity contribution is -0.118. The van der Waals surface area contributed by atoms with Gasteiger partial charge in [-0.15, -0.1) is 0 Å². The molecule has 0 aliphatic heterocycles. The molecule has 0 saturated heterocycles. The largest absolute Gasteiger partial charge is 0.365 e. The van der Waals surface area contributed by atoms with Crippen molar-refractivity contribution < 1.29 is 4.79 Å². The van der Waals surface area contributed by atoms with Crippen molar-refractivity contribution in [3.8, 4) is 0 Å². The molecule has 4 heteroatoms. The minimum atomic E-state index is -0.458. The van der Waals surface area contributed by atoms with E-state index in [1.807, 2.05) is 0 Å². The predicted molar refractivity (Wildman–Crippen MR) is 32.4 cm³/mol. The molecule has 0 bridgehead atoms. The van der Waals surface area contributed by atoms with Crippen LogP contribution in [-0.4, -0.2) is 26.4 Å². The molecule has 2 radical (unpaired) electrons. The molecule has 8 heavy (non-hydrogen) atoms. The maximum atomic E-state index is 10.3. The first-order valence-electron chi connectivity index (χ1n) is 2.38. The third kappa shape index (κ3) is 2.77. The Morgan fingerprint density at radius 1 is 2.00 bits per heavy atom. The Morgan fingerprint density at radius 2 is 2.50 bits per heavy atom. The first-order valence-corrected chi connectivity index (χ1v) is 2.38. The SMILES string of the molecule is [B]NCC(N)C(C)=O. The van der Waals surface area contributed by atoms with E-state index < -0.39 is 6.04 Å². The standard InChI is InChI=1S/C4H9BN2O/c1-3(8)4(6)2-7-5/h4,7H,2,6H2,1H3. The summed E-state index contributed by atoms with van der Waals surface area (Å²) in [4.78, 5) is 10.3. The van der Waals surface area contributed by atoms with Crippen molar-refractivity contribution in [3.63, 3.8) is 0 Å². The zero-order valence-electron chi connectivity index (χ0n) is 4.85. The van der Waals surface area contributed by atoms with Gasteiger partial charge in [-0.2, -0.15) is 0 Å². The molecule has 0 saturated carbocycles. The van der Waals surface area contributed by atoms with E-state index >= 15 is 0 Å². The third-order valence-corrected chi connectivity index (χ3v) is 0.860. The van der Waals surface area contributed by atoms with Crippen LogP contribution in [0.5, 0.6) is 0 Å². The molecule has 3 nitrogen and oxygen atoms in total. The summed E-state index contributed by atoms with van der Waals surface area (Å²) >= 11 is 0. The summed E-state index contributed by atoms with van der Waals surface area (Å²) < 4.78 is 0. The van der Waals surface area contributed by atoms with Gasteiger partial charge in [0.15, 0.2) is 7.98 Å². The Bertz CT molecular complexity index is 86.1. The quantitative estimate of drug-likeness (QED) is 0.440. The Kier molecular flexibility index (Phi) is 3.48. The highest BCUT2D eigenvalue weighted by atomic mass is 16.1. The minimum Gasteiger partial charge on any atom is -0.365 e. The Balaban J connectivity index is 3.32. The summed E-state index contributed by atoms with van der Waals surface area (Å²) in [5, 5.41) is 2.30. The van der Waals surface area contributed by atoms with Crippen molar-refractivity contribution in [2.75, 3.05) is 6.54 Å². The van der Waals surface area contributed by atoms with Crippen LogP contribution in [0, 0.1) is 0 Å². The zero-order valence-corrected chi connectivity index (χ0v) is 4.85. The summed E-state index contributed by atoms with van der Waals surface area (Å²) in [5.74, 6) is -0.0528. The monoisotopic (exact) mass is 112 g/mol. The maximum Gasteiger partial charge on any atom is 0.177 e. The van der Waals surface area contributed by atoms with E-state index in [0.29, 0.717) is 6.54 Å². The van der Waals surface area contributed by atoms with Crippen molar-refractivity contribution in [2.45, 2.75) is 13.0 Å². The summed E-state index contributed by atoms with van der Waals surface area (Å²) in [6, 6.07) is -0.458. The number of hydrogen-bond acceptors (Lipinski definition) is 3. The van der Waals surface area contributed by atoms with Gasteiger partial charge in [0, 0.05) is 6.54 Å². The molecule has 0 heterocycles. The average molecular weight is 112 g/mol. The number of hydrogen-bond donors (Lipinski definition) is 2. The van der Waals surface area contributed by atoms with Crippen molar-refractivity contribution in [1.29, 1.82) is 0 Å². The van der Waals surface area contributed by atoms with Crippen molar-refractivity contribution in [2.24, 2.45) is 5.73 Å². The van der Waals surface area contributed by atoms with Gasteiger partial charge in [-0.3, -0.25) is 4.79 Å². The minimum absolute atomic E-state index is 0.0528. The molecule has 0 aliphatic carbocycles. The highest BCUT2D eigenvalue weighted by Crippen LogP contribution is 1.74. The lowest BCUT2D eigenvalue weighted by Gasteiger charge is -2.04. The van der Waals surface area contributed by atoms with E-state index in [-0.39, 0.29) is 5.78 Å². The molecular formula is C4H9BN2O. The van der Waals surface area contributed by atoms with Crippen LogP contribution in [0.15, 0.2) is 0 Å². The highest BCUT2D eigenvalue weighted by molar-refractivity contribution is 6.04. The van der Waals surface area contributed by atoms with Crippen molar-refractivity contribution in [3.05, 3.63) is 0 Å². The van der Waals surface area contributed by atoms with Crippen LogP contribution < -0.4 is 11.0 Å². The molecule has 0 aliphatic rings. The fourth-order valence-corrected chi connectivity index (χ4v) is 0.271. The summed E-state index contributed by atoms with van der Waals surface area (Å²) in [6.45, 7) is 1.78. The maximum absolute atomic E-state index is 10.3. The Hall–Kier alpha value is -0.345. The Morgan fingerprint density at radius 3 is 2.62 bits per heavy atom. The predicted octanol–water partition coefficient (Wildman–Crippen LogP) is -1.42. The van der Waals surface area contributed by atoms with Crippen molar-refractivity contribution in [1.82, 2.24) is 5.23 Å². The smallest absolute Gasteiger partial charge is 0.177 e.